The largest absolute Gasteiger partial charge is 0.310 e. The third-order valence-corrected chi connectivity index (χ3v) is 4.46. The van der Waals surface area contributed by atoms with Crippen LogP contribution in [0, 0.1) is 6.92 Å². The summed E-state index contributed by atoms with van der Waals surface area (Å²) in [7, 11) is 0. The van der Waals surface area contributed by atoms with Crippen LogP contribution in [0.1, 0.15) is 43.0 Å². The molecule has 0 amide bonds. The maximum absolute atomic E-state index is 3.62. The number of benzene rings is 1. The number of hydrogen-bond donors (Lipinski definition) is 1. The van der Waals surface area contributed by atoms with E-state index < -0.39 is 0 Å². The van der Waals surface area contributed by atoms with Gasteiger partial charge in [-0.3, -0.25) is 0 Å². The fourth-order valence-electron chi connectivity index (χ4n) is 2.37. The molecule has 0 saturated carbocycles. The standard InChI is InChI=1S/C14H21NS/c1-4-15-14-8-11(3)16-9-12-6-5-10(2)7-13(12)14/h5-7,11,14-15H,4,8-9H2,1-3H3. The molecule has 1 heterocycles. The lowest BCUT2D eigenvalue weighted by Gasteiger charge is -2.20. The molecule has 0 aromatic heterocycles. The van der Waals surface area contributed by atoms with E-state index in [4.69, 9.17) is 0 Å². The van der Waals surface area contributed by atoms with Crippen molar-refractivity contribution in [1.29, 1.82) is 0 Å². The second-order valence-corrected chi connectivity index (χ2v) is 6.10. The molecule has 1 aromatic carbocycles. The first-order chi connectivity index (χ1) is 7.70. The van der Waals surface area contributed by atoms with Gasteiger partial charge in [-0.05, 0) is 31.0 Å². The zero-order chi connectivity index (χ0) is 11.5. The van der Waals surface area contributed by atoms with Crippen molar-refractivity contribution in [2.45, 2.75) is 44.2 Å². The van der Waals surface area contributed by atoms with E-state index in [1.54, 1.807) is 0 Å². The Morgan fingerprint density at radius 2 is 2.25 bits per heavy atom. The van der Waals surface area contributed by atoms with Gasteiger partial charge in [0.25, 0.3) is 0 Å². The summed E-state index contributed by atoms with van der Waals surface area (Å²) in [4.78, 5) is 0. The summed E-state index contributed by atoms with van der Waals surface area (Å²) in [5, 5.41) is 4.37. The van der Waals surface area contributed by atoms with Gasteiger partial charge in [-0.2, -0.15) is 11.8 Å². The van der Waals surface area contributed by atoms with E-state index in [0.29, 0.717) is 6.04 Å². The summed E-state index contributed by atoms with van der Waals surface area (Å²) in [6.45, 7) is 7.77. The number of nitrogens with one attached hydrogen (secondary N) is 1. The third kappa shape index (κ3) is 2.61. The number of aryl methyl sites for hydroxylation is 1. The Kier molecular flexibility index (Phi) is 3.93. The van der Waals surface area contributed by atoms with Crippen LogP contribution < -0.4 is 5.32 Å². The molecule has 1 N–H and O–H groups in total. The minimum absolute atomic E-state index is 0.546. The molecule has 2 atom stereocenters. The summed E-state index contributed by atoms with van der Waals surface area (Å²) in [6, 6.07) is 7.45. The van der Waals surface area contributed by atoms with Crippen molar-refractivity contribution < 1.29 is 0 Å². The molecule has 88 valence electrons. The van der Waals surface area contributed by atoms with Crippen LogP contribution >= 0.6 is 11.8 Å². The Morgan fingerprint density at radius 3 is 3.00 bits per heavy atom. The van der Waals surface area contributed by atoms with E-state index in [2.05, 4.69) is 56.0 Å². The lowest BCUT2D eigenvalue weighted by Crippen LogP contribution is -2.23. The van der Waals surface area contributed by atoms with Gasteiger partial charge in [0, 0.05) is 17.0 Å². The van der Waals surface area contributed by atoms with Gasteiger partial charge in [0.05, 0.1) is 0 Å². The van der Waals surface area contributed by atoms with Crippen LogP contribution in [0.25, 0.3) is 0 Å². The molecule has 16 heavy (non-hydrogen) atoms. The highest BCUT2D eigenvalue weighted by atomic mass is 32.2. The molecular formula is C14H21NS. The molecular weight excluding hydrogens is 214 g/mol. The third-order valence-electron chi connectivity index (χ3n) is 3.22. The summed E-state index contributed by atoms with van der Waals surface area (Å²) in [6.07, 6.45) is 1.25. The van der Waals surface area contributed by atoms with Gasteiger partial charge in [0.15, 0.2) is 0 Å². The van der Waals surface area contributed by atoms with Gasteiger partial charge in [0.1, 0.15) is 0 Å². The van der Waals surface area contributed by atoms with Crippen molar-refractivity contribution in [3.05, 3.63) is 34.9 Å². The molecule has 1 nitrogen and oxygen atoms in total. The minimum atomic E-state index is 0.546. The smallest absolute Gasteiger partial charge is 0.0333 e. The van der Waals surface area contributed by atoms with E-state index in [1.807, 2.05) is 0 Å². The Bertz CT molecular complexity index is 362. The van der Waals surface area contributed by atoms with Crippen LogP contribution in [-0.2, 0) is 5.75 Å². The molecule has 0 bridgehead atoms. The van der Waals surface area contributed by atoms with Crippen LogP contribution in [-0.4, -0.2) is 11.8 Å². The fourth-order valence-corrected chi connectivity index (χ4v) is 3.42. The fraction of sp³-hybridized carbons (Fsp3) is 0.571. The molecule has 2 rings (SSSR count). The van der Waals surface area contributed by atoms with E-state index in [0.717, 1.165) is 11.8 Å². The highest BCUT2D eigenvalue weighted by molar-refractivity contribution is 7.99. The summed E-state index contributed by atoms with van der Waals surface area (Å²) in [5.41, 5.74) is 4.42. The lowest BCUT2D eigenvalue weighted by atomic mass is 9.96. The summed E-state index contributed by atoms with van der Waals surface area (Å²) < 4.78 is 0. The van der Waals surface area contributed by atoms with Gasteiger partial charge in [-0.15, -0.1) is 0 Å². The number of fused-ring (bicyclic) bond motifs is 1. The number of thioether (sulfide) groups is 1. The van der Waals surface area contributed by atoms with Gasteiger partial charge in [-0.25, -0.2) is 0 Å². The Morgan fingerprint density at radius 1 is 1.44 bits per heavy atom. The van der Waals surface area contributed by atoms with E-state index in [9.17, 15) is 0 Å². The highest BCUT2D eigenvalue weighted by Gasteiger charge is 2.21. The Labute approximate surface area is 103 Å². The first-order valence-corrected chi connectivity index (χ1v) is 7.20. The van der Waals surface area contributed by atoms with Crippen LogP contribution in [0.3, 0.4) is 0 Å². The monoisotopic (exact) mass is 235 g/mol. The zero-order valence-corrected chi connectivity index (χ0v) is 11.2. The molecule has 1 aliphatic rings. The van der Waals surface area contributed by atoms with Gasteiger partial charge in [0.2, 0.25) is 0 Å². The second kappa shape index (κ2) is 5.24. The molecule has 1 aromatic rings. The van der Waals surface area contributed by atoms with Crippen molar-refractivity contribution in [2.75, 3.05) is 6.54 Å². The Hall–Kier alpha value is -0.470. The number of hydrogen-bond acceptors (Lipinski definition) is 2. The van der Waals surface area contributed by atoms with Crippen LogP contribution in [0.2, 0.25) is 0 Å². The first-order valence-electron chi connectivity index (χ1n) is 6.15. The van der Waals surface area contributed by atoms with Gasteiger partial charge < -0.3 is 5.32 Å². The van der Waals surface area contributed by atoms with Crippen molar-refractivity contribution >= 4 is 11.8 Å². The zero-order valence-electron chi connectivity index (χ0n) is 10.4. The predicted octanol–water partition coefficient (Wildman–Crippen LogP) is 3.67. The van der Waals surface area contributed by atoms with Gasteiger partial charge >= 0.3 is 0 Å². The first kappa shape index (κ1) is 12.0. The van der Waals surface area contributed by atoms with Crippen LogP contribution in [0.4, 0.5) is 0 Å². The molecule has 2 heteroatoms. The lowest BCUT2D eigenvalue weighted by molar-refractivity contribution is 0.515. The molecule has 2 unspecified atom stereocenters. The number of rotatable bonds is 2. The molecule has 0 saturated heterocycles. The topological polar surface area (TPSA) is 12.0 Å². The maximum atomic E-state index is 3.62. The van der Waals surface area contributed by atoms with E-state index >= 15 is 0 Å². The quantitative estimate of drug-likeness (QED) is 0.839. The maximum Gasteiger partial charge on any atom is 0.0333 e. The van der Waals surface area contributed by atoms with Crippen LogP contribution in [0.15, 0.2) is 18.2 Å². The minimum Gasteiger partial charge on any atom is -0.310 e. The average Bonchev–Trinajstić information content (AvgIpc) is 2.40. The predicted molar refractivity (Wildman–Crippen MR) is 73.0 cm³/mol. The SMILES string of the molecule is CCNC1CC(C)SCc2ccc(C)cc21. The highest BCUT2D eigenvalue weighted by Crippen LogP contribution is 2.35. The molecule has 0 spiro atoms. The van der Waals surface area contributed by atoms with E-state index in [-0.39, 0.29) is 0 Å². The average molecular weight is 235 g/mol. The summed E-state index contributed by atoms with van der Waals surface area (Å²) >= 11 is 2.08. The molecule has 1 aliphatic heterocycles. The molecule has 0 aliphatic carbocycles. The van der Waals surface area contributed by atoms with Crippen molar-refractivity contribution in [1.82, 2.24) is 5.32 Å². The molecule has 0 fully saturated rings. The Balaban J connectivity index is 2.34. The van der Waals surface area contributed by atoms with E-state index in [1.165, 1.54) is 28.9 Å². The van der Waals surface area contributed by atoms with Crippen molar-refractivity contribution in [3.63, 3.8) is 0 Å². The van der Waals surface area contributed by atoms with Crippen molar-refractivity contribution in [3.8, 4) is 0 Å². The van der Waals surface area contributed by atoms with Crippen LogP contribution in [0.5, 0.6) is 0 Å². The molecule has 0 radical (unpaired) electrons. The van der Waals surface area contributed by atoms with Crippen molar-refractivity contribution in [2.24, 2.45) is 0 Å². The normalized spacial score (nSPS) is 24.9. The summed E-state index contributed by atoms with van der Waals surface area (Å²) in [5.74, 6) is 1.17. The van der Waals surface area contributed by atoms with Gasteiger partial charge in [-0.1, -0.05) is 37.6 Å². The second-order valence-electron chi connectivity index (χ2n) is 4.67.